The van der Waals surface area contributed by atoms with Crippen LogP contribution in [0.2, 0.25) is 0 Å². The minimum absolute atomic E-state index is 0.125. The van der Waals surface area contributed by atoms with Crippen LogP contribution < -0.4 is 10.1 Å². The van der Waals surface area contributed by atoms with Crippen molar-refractivity contribution in [2.24, 2.45) is 0 Å². The first-order valence-electron chi connectivity index (χ1n) is 8.09. The van der Waals surface area contributed by atoms with Gasteiger partial charge < -0.3 is 14.5 Å². The quantitative estimate of drug-likeness (QED) is 0.581. The van der Waals surface area contributed by atoms with E-state index in [-0.39, 0.29) is 5.91 Å². The molecule has 1 aromatic carbocycles. The molecule has 132 valence electrons. The lowest BCUT2D eigenvalue weighted by Crippen LogP contribution is -2.22. The minimum atomic E-state index is -0.125. The molecule has 0 saturated carbocycles. The summed E-state index contributed by atoms with van der Waals surface area (Å²) < 4.78 is 12.4. The highest BCUT2D eigenvalue weighted by Gasteiger charge is 2.18. The third-order valence-electron chi connectivity index (χ3n) is 4.15. The summed E-state index contributed by atoms with van der Waals surface area (Å²) in [5.74, 6) is 1.40. The standard InChI is InChI=1S/C19H17N3O3S/c1-12-17(18(23)20-10-15-4-3-9-25-15)26-19-21-16(11-22(12)19)13-5-7-14(24-2)8-6-13/h3-9,11H,10H2,1-2H3,(H,20,23). The number of thiazole rings is 1. The normalized spacial score (nSPS) is 11.0. The predicted octanol–water partition coefficient (Wildman–Crippen LogP) is 3.90. The SMILES string of the molecule is COc1ccc(-c2cn3c(C)c(C(=O)NCc4ccco4)sc3n2)cc1. The fourth-order valence-corrected chi connectivity index (χ4v) is 3.75. The third kappa shape index (κ3) is 2.97. The van der Waals surface area contributed by atoms with E-state index in [0.717, 1.165) is 33.4 Å². The van der Waals surface area contributed by atoms with Crippen LogP contribution in [0.3, 0.4) is 0 Å². The Kier molecular flexibility index (Phi) is 4.22. The number of imidazole rings is 1. The van der Waals surface area contributed by atoms with Crippen molar-refractivity contribution >= 4 is 22.2 Å². The largest absolute Gasteiger partial charge is 0.497 e. The van der Waals surface area contributed by atoms with Crippen LogP contribution in [0.1, 0.15) is 21.1 Å². The summed E-state index contributed by atoms with van der Waals surface area (Å²) in [5.41, 5.74) is 2.74. The van der Waals surface area contributed by atoms with E-state index >= 15 is 0 Å². The minimum Gasteiger partial charge on any atom is -0.497 e. The van der Waals surface area contributed by atoms with Gasteiger partial charge >= 0.3 is 0 Å². The molecule has 0 unspecified atom stereocenters. The van der Waals surface area contributed by atoms with Crippen molar-refractivity contribution < 1.29 is 13.9 Å². The number of amides is 1. The highest BCUT2D eigenvalue weighted by atomic mass is 32.1. The average molecular weight is 367 g/mol. The lowest BCUT2D eigenvalue weighted by Gasteiger charge is -2.02. The Morgan fingerprint density at radius 1 is 1.31 bits per heavy atom. The monoisotopic (exact) mass is 367 g/mol. The molecule has 7 heteroatoms. The lowest BCUT2D eigenvalue weighted by atomic mass is 10.2. The van der Waals surface area contributed by atoms with Gasteiger partial charge in [0.25, 0.3) is 5.91 Å². The van der Waals surface area contributed by atoms with Gasteiger partial charge in [-0.05, 0) is 43.3 Å². The number of hydrogen-bond donors (Lipinski definition) is 1. The zero-order chi connectivity index (χ0) is 18.1. The fraction of sp³-hybridized carbons (Fsp3) is 0.158. The molecule has 0 aliphatic heterocycles. The zero-order valence-corrected chi connectivity index (χ0v) is 15.2. The molecule has 26 heavy (non-hydrogen) atoms. The molecule has 4 aromatic rings. The Hall–Kier alpha value is -3.06. The van der Waals surface area contributed by atoms with E-state index in [0.29, 0.717) is 11.4 Å². The fourth-order valence-electron chi connectivity index (χ4n) is 2.72. The Morgan fingerprint density at radius 3 is 2.77 bits per heavy atom. The molecular formula is C19H17N3O3S. The molecule has 1 amide bonds. The number of hydrogen-bond acceptors (Lipinski definition) is 5. The molecule has 0 atom stereocenters. The van der Waals surface area contributed by atoms with Crippen molar-refractivity contribution in [3.8, 4) is 17.0 Å². The third-order valence-corrected chi connectivity index (χ3v) is 5.31. The summed E-state index contributed by atoms with van der Waals surface area (Å²) in [6, 6.07) is 11.4. The van der Waals surface area contributed by atoms with Gasteiger partial charge in [0.1, 0.15) is 16.4 Å². The highest BCUT2D eigenvalue weighted by Crippen LogP contribution is 2.28. The molecule has 0 aliphatic carbocycles. The first-order chi connectivity index (χ1) is 12.7. The first-order valence-corrected chi connectivity index (χ1v) is 8.91. The molecule has 0 radical (unpaired) electrons. The van der Waals surface area contributed by atoms with Gasteiger partial charge in [-0.25, -0.2) is 4.98 Å². The maximum atomic E-state index is 12.5. The van der Waals surface area contributed by atoms with Gasteiger partial charge in [0.15, 0.2) is 4.96 Å². The zero-order valence-electron chi connectivity index (χ0n) is 14.4. The van der Waals surface area contributed by atoms with Gasteiger partial charge in [-0.2, -0.15) is 0 Å². The Balaban J connectivity index is 1.57. The van der Waals surface area contributed by atoms with Gasteiger partial charge in [-0.1, -0.05) is 11.3 Å². The summed E-state index contributed by atoms with van der Waals surface area (Å²) in [6.45, 7) is 2.29. The van der Waals surface area contributed by atoms with Gasteiger partial charge in [0, 0.05) is 17.5 Å². The van der Waals surface area contributed by atoms with Crippen LogP contribution in [0.4, 0.5) is 0 Å². The Bertz CT molecular complexity index is 1050. The number of nitrogens with one attached hydrogen (secondary N) is 1. The Morgan fingerprint density at radius 2 is 2.12 bits per heavy atom. The second-order valence-electron chi connectivity index (χ2n) is 5.79. The topological polar surface area (TPSA) is 68.8 Å². The lowest BCUT2D eigenvalue weighted by molar-refractivity contribution is 0.0951. The van der Waals surface area contributed by atoms with E-state index in [1.165, 1.54) is 11.3 Å². The van der Waals surface area contributed by atoms with Crippen molar-refractivity contribution in [2.45, 2.75) is 13.5 Å². The van der Waals surface area contributed by atoms with Gasteiger partial charge in [0.2, 0.25) is 0 Å². The van der Waals surface area contributed by atoms with Crippen LogP contribution in [0.5, 0.6) is 5.75 Å². The number of nitrogens with zero attached hydrogens (tertiary/aromatic N) is 2. The highest BCUT2D eigenvalue weighted by molar-refractivity contribution is 7.19. The van der Waals surface area contributed by atoms with E-state index in [1.54, 1.807) is 19.4 Å². The van der Waals surface area contributed by atoms with Gasteiger partial charge in [-0.15, -0.1) is 0 Å². The number of rotatable bonds is 5. The van der Waals surface area contributed by atoms with Crippen LogP contribution in [0, 0.1) is 6.92 Å². The number of ether oxygens (including phenoxy) is 1. The molecule has 3 heterocycles. The van der Waals surface area contributed by atoms with E-state index in [1.807, 2.05) is 47.9 Å². The number of furan rings is 1. The summed E-state index contributed by atoms with van der Waals surface area (Å²) >= 11 is 1.38. The molecule has 0 spiro atoms. The first kappa shape index (κ1) is 16.4. The van der Waals surface area contributed by atoms with Gasteiger partial charge in [-0.3, -0.25) is 9.20 Å². The summed E-state index contributed by atoms with van der Waals surface area (Å²) in [6.07, 6.45) is 3.54. The van der Waals surface area contributed by atoms with Crippen molar-refractivity contribution in [3.05, 3.63) is 65.2 Å². The molecule has 0 aliphatic rings. The second-order valence-corrected chi connectivity index (χ2v) is 6.76. The van der Waals surface area contributed by atoms with Gasteiger partial charge in [0.05, 0.1) is 25.6 Å². The van der Waals surface area contributed by atoms with Crippen molar-refractivity contribution in [2.75, 3.05) is 7.11 Å². The number of carbonyl (C=O) groups excluding carboxylic acids is 1. The molecular weight excluding hydrogens is 350 g/mol. The molecule has 3 aromatic heterocycles. The number of methoxy groups -OCH3 is 1. The maximum Gasteiger partial charge on any atom is 0.263 e. The van der Waals surface area contributed by atoms with E-state index in [4.69, 9.17) is 9.15 Å². The summed E-state index contributed by atoms with van der Waals surface area (Å²) in [7, 11) is 1.64. The maximum absolute atomic E-state index is 12.5. The number of aromatic nitrogens is 2. The average Bonchev–Trinajstić information content (AvgIpc) is 3.38. The van der Waals surface area contributed by atoms with E-state index in [2.05, 4.69) is 10.3 Å². The molecule has 1 N–H and O–H groups in total. The van der Waals surface area contributed by atoms with Crippen LogP contribution >= 0.6 is 11.3 Å². The van der Waals surface area contributed by atoms with Crippen molar-refractivity contribution in [1.29, 1.82) is 0 Å². The van der Waals surface area contributed by atoms with Crippen LogP contribution in [-0.2, 0) is 6.54 Å². The number of aryl methyl sites for hydroxylation is 1. The van der Waals surface area contributed by atoms with Crippen LogP contribution in [0.15, 0.2) is 53.3 Å². The predicted molar refractivity (Wildman–Crippen MR) is 99.7 cm³/mol. The summed E-state index contributed by atoms with van der Waals surface area (Å²) in [5, 5.41) is 2.87. The molecule has 0 saturated heterocycles. The molecule has 6 nitrogen and oxygen atoms in total. The van der Waals surface area contributed by atoms with E-state index in [9.17, 15) is 4.79 Å². The van der Waals surface area contributed by atoms with Crippen LogP contribution in [-0.4, -0.2) is 22.4 Å². The van der Waals surface area contributed by atoms with Crippen LogP contribution in [0.25, 0.3) is 16.2 Å². The second kappa shape index (κ2) is 6.68. The van der Waals surface area contributed by atoms with E-state index < -0.39 is 0 Å². The van der Waals surface area contributed by atoms with Crippen molar-refractivity contribution in [1.82, 2.24) is 14.7 Å². The Labute approximate surface area is 154 Å². The molecule has 0 fully saturated rings. The number of fused-ring (bicyclic) bond motifs is 1. The molecule has 0 bridgehead atoms. The summed E-state index contributed by atoms with van der Waals surface area (Å²) in [4.78, 5) is 18.6. The number of benzene rings is 1. The number of carbonyl (C=O) groups is 1. The van der Waals surface area contributed by atoms with Crippen molar-refractivity contribution in [3.63, 3.8) is 0 Å². The smallest absolute Gasteiger partial charge is 0.263 e. The molecule has 4 rings (SSSR count).